The Kier molecular flexibility index (Phi) is 6.40. The van der Waals surface area contributed by atoms with E-state index < -0.39 is 0 Å². The lowest BCUT2D eigenvalue weighted by molar-refractivity contribution is -0.139. The second kappa shape index (κ2) is 8.75. The molecule has 136 valence electrons. The van der Waals surface area contributed by atoms with Gasteiger partial charge in [-0.2, -0.15) is 11.8 Å². The van der Waals surface area contributed by atoms with Crippen molar-refractivity contribution in [3.05, 3.63) is 35.9 Å². The van der Waals surface area contributed by atoms with Crippen molar-refractivity contribution < 1.29 is 9.59 Å². The van der Waals surface area contributed by atoms with Crippen LogP contribution in [-0.4, -0.2) is 59.3 Å². The van der Waals surface area contributed by atoms with Crippen LogP contribution in [-0.2, 0) is 9.59 Å². The minimum atomic E-state index is 0.147. The molecule has 3 rings (SSSR count). The lowest BCUT2D eigenvalue weighted by atomic mass is 10.1. The van der Waals surface area contributed by atoms with Gasteiger partial charge < -0.3 is 9.80 Å². The lowest BCUT2D eigenvalue weighted by Gasteiger charge is -2.35. The molecule has 2 amide bonds. The predicted octanol–water partition coefficient (Wildman–Crippen LogP) is 2.99. The summed E-state index contributed by atoms with van der Waals surface area (Å²) in [7, 11) is 0. The van der Waals surface area contributed by atoms with Crippen molar-refractivity contribution in [3.8, 4) is 0 Å². The van der Waals surface area contributed by atoms with Gasteiger partial charge in [0.05, 0.1) is 5.75 Å². The van der Waals surface area contributed by atoms with Crippen molar-refractivity contribution in [1.82, 2.24) is 9.80 Å². The van der Waals surface area contributed by atoms with Crippen molar-refractivity contribution in [2.45, 2.75) is 32.1 Å². The van der Waals surface area contributed by atoms with Crippen LogP contribution in [0.4, 0.5) is 0 Å². The fourth-order valence-corrected chi connectivity index (χ4v) is 4.44. The zero-order chi connectivity index (χ0) is 17.6. The summed E-state index contributed by atoms with van der Waals surface area (Å²) in [4.78, 5) is 28.8. The summed E-state index contributed by atoms with van der Waals surface area (Å²) in [6, 6.07) is 10.3. The van der Waals surface area contributed by atoms with Gasteiger partial charge in [0.15, 0.2) is 0 Å². The first-order chi connectivity index (χ1) is 12.2. The molecular formula is C20H28N2O2S. The molecule has 1 aliphatic heterocycles. The van der Waals surface area contributed by atoms with Crippen LogP contribution >= 0.6 is 11.8 Å². The van der Waals surface area contributed by atoms with E-state index in [1.165, 1.54) is 18.4 Å². The number of benzene rings is 1. The van der Waals surface area contributed by atoms with E-state index in [9.17, 15) is 9.59 Å². The highest BCUT2D eigenvalue weighted by Gasteiger charge is 2.46. The first-order valence-corrected chi connectivity index (χ1v) is 10.6. The number of hydrogen-bond donors (Lipinski definition) is 0. The van der Waals surface area contributed by atoms with Gasteiger partial charge in [-0.15, -0.1) is 0 Å². The van der Waals surface area contributed by atoms with E-state index in [-0.39, 0.29) is 17.7 Å². The van der Waals surface area contributed by atoms with Gasteiger partial charge in [-0.1, -0.05) is 43.7 Å². The molecule has 2 fully saturated rings. The molecule has 2 aliphatic rings. The van der Waals surface area contributed by atoms with Crippen LogP contribution in [0.1, 0.15) is 37.7 Å². The van der Waals surface area contributed by atoms with E-state index in [0.717, 1.165) is 12.2 Å². The van der Waals surface area contributed by atoms with E-state index in [4.69, 9.17) is 0 Å². The minimum absolute atomic E-state index is 0.147. The van der Waals surface area contributed by atoms with Gasteiger partial charge in [-0.3, -0.25) is 9.59 Å². The van der Waals surface area contributed by atoms with Crippen LogP contribution in [0.15, 0.2) is 30.3 Å². The Morgan fingerprint density at radius 2 is 1.76 bits per heavy atom. The van der Waals surface area contributed by atoms with Crippen molar-refractivity contribution in [2.24, 2.45) is 5.92 Å². The van der Waals surface area contributed by atoms with E-state index in [0.29, 0.717) is 37.8 Å². The molecule has 1 aromatic carbocycles. The van der Waals surface area contributed by atoms with Gasteiger partial charge in [0, 0.05) is 32.1 Å². The van der Waals surface area contributed by atoms with E-state index in [1.54, 1.807) is 11.8 Å². The maximum atomic E-state index is 12.7. The molecule has 0 bridgehead atoms. The Bertz CT molecular complexity index is 585. The molecule has 5 heteroatoms. The molecule has 1 aliphatic carbocycles. The van der Waals surface area contributed by atoms with Crippen molar-refractivity contribution in [1.29, 1.82) is 0 Å². The number of carbonyl (C=O) groups is 2. The summed E-state index contributed by atoms with van der Waals surface area (Å²) < 4.78 is 0. The summed E-state index contributed by atoms with van der Waals surface area (Å²) >= 11 is 1.73. The molecule has 4 nitrogen and oxygen atoms in total. The number of rotatable bonds is 7. The summed E-state index contributed by atoms with van der Waals surface area (Å²) in [6.07, 6.45) is 3.31. The van der Waals surface area contributed by atoms with Crippen molar-refractivity contribution >= 4 is 23.6 Å². The number of thioether (sulfide) groups is 1. The second-order valence-corrected chi connectivity index (χ2v) is 8.08. The Morgan fingerprint density at radius 1 is 1.08 bits per heavy atom. The number of hydrogen-bond acceptors (Lipinski definition) is 3. The molecule has 0 unspecified atom stereocenters. The summed E-state index contributed by atoms with van der Waals surface area (Å²) in [5.74, 6) is 2.67. The Labute approximate surface area is 154 Å². The third kappa shape index (κ3) is 4.78. The standard InChI is InChI=1S/C20H28N2O2S/c1-2-3-13-25-15-19(23)21-9-11-22(12-10-21)20(24)18-14-17(18)16-7-5-4-6-8-16/h4-8,17-18H,2-3,9-15H2,1H3/t17-,18+/m0/s1. The first kappa shape index (κ1) is 18.3. The van der Waals surface area contributed by atoms with Gasteiger partial charge in [0.25, 0.3) is 0 Å². The number of nitrogens with zero attached hydrogens (tertiary/aromatic N) is 2. The fourth-order valence-electron chi connectivity index (χ4n) is 3.44. The molecular weight excluding hydrogens is 332 g/mol. The highest BCUT2D eigenvalue weighted by atomic mass is 32.2. The largest absolute Gasteiger partial charge is 0.339 e. The minimum Gasteiger partial charge on any atom is -0.339 e. The van der Waals surface area contributed by atoms with Crippen LogP contribution in [0.25, 0.3) is 0 Å². The van der Waals surface area contributed by atoms with E-state index in [1.807, 2.05) is 28.0 Å². The zero-order valence-corrected chi connectivity index (χ0v) is 15.8. The smallest absolute Gasteiger partial charge is 0.232 e. The average Bonchev–Trinajstić information content (AvgIpc) is 3.46. The molecule has 2 atom stereocenters. The Balaban J connectivity index is 1.40. The SMILES string of the molecule is CCCCSCC(=O)N1CCN(C(=O)[C@@H]2C[C@H]2c2ccccc2)CC1. The number of unbranched alkanes of at least 4 members (excludes halogenated alkanes) is 1. The maximum Gasteiger partial charge on any atom is 0.232 e. The lowest BCUT2D eigenvalue weighted by Crippen LogP contribution is -2.51. The van der Waals surface area contributed by atoms with Crippen LogP contribution in [0.5, 0.6) is 0 Å². The van der Waals surface area contributed by atoms with Gasteiger partial charge in [-0.25, -0.2) is 0 Å². The summed E-state index contributed by atoms with van der Waals surface area (Å²) in [5.41, 5.74) is 1.28. The highest BCUT2D eigenvalue weighted by Crippen LogP contribution is 2.48. The topological polar surface area (TPSA) is 40.6 Å². The Morgan fingerprint density at radius 3 is 2.44 bits per heavy atom. The highest BCUT2D eigenvalue weighted by molar-refractivity contribution is 7.99. The third-order valence-electron chi connectivity index (χ3n) is 5.15. The van der Waals surface area contributed by atoms with Crippen LogP contribution in [0.2, 0.25) is 0 Å². The molecule has 1 saturated carbocycles. The van der Waals surface area contributed by atoms with Gasteiger partial charge >= 0.3 is 0 Å². The van der Waals surface area contributed by atoms with Crippen molar-refractivity contribution in [2.75, 3.05) is 37.7 Å². The monoisotopic (exact) mass is 360 g/mol. The molecule has 0 spiro atoms. The van der Waals surface area contributed by atoms with Crippen molar-refractivity contribution in [3.63, 3.8) is 0 Å². The first-order valence-electron chi connectivity index (χ1n) is 9.40. The molecule has 1 heterocycles. The second-order valence-electron chi connectivity index (χ2n) is 6.97. The van der Waals surface area contributed by atoms with Gasteiger partial charge in [0.2, 0.25) is 11.8 Å². The number of carbonyl (C=O) groups excluding carboxylic acids is 2. The average molecular weight is 361 g/mol. The maximum absolute atomic E-state index is 12.7. The number of amides is 2. The van der Waals surface area contributed by atoms with Gasteiger partial charge in [-0.05, 0) is 30.1 Å². The van der Waals surface area contributed by atoms with E-state index in [2.05, 4.69) is 19.1 Å². The molecule has 0 aromatic heterocycles. The molecule has 25 heavy (non-hydrogen) atoms. The molecule has 1 saturated heterocycles. The fraction of sp³-hybridized carbons (Fsp3) is 0.600. The van der Waals surface area contributed by atoms with Crippen LogP contribution < -0.4 is 0 Å². The van der Waals surface area contributed by atoms with E-state index >= 15 is 0 Å². The summed E-state index contributed by atoms with van der Waals surface area (Å²) in [6.45, 7) is 4.90. The molecule has 1 aromatic rings. The quantitative estimate of drug-likeness (QED) is 0.702. The predicted molar refractivity (Wildman–Crippen MR) is 103 cm³/mol. The molecule has 0 N–H and O–H groups in total. The Hall–Kier alpha value is -1.49. The summed E-state index contributed by atoms with van der Waals surface area (Å²) in [5, 5.41) is 0. The van der Waals surface area contributed by atoms with Gasteiger partial charge in [0.1, 0.15) is 0 Å². The number of piperazine rings is 1. The normalized spacial score (nSPS) is 22.8. The molecule has 0 radical (unpaired) electrons. The zero-order valence-electron chi connectivity index (χ0n) is 15.0. The van der Waals surface area contributed by atoms with Crippen LogP contribution in [0, 0.1) is 5.92 Å². The van der Waals surface area contributed by atoms with Crippen LogP contribution in [0.3, 0.4) is 0 Å². The third-order valence-corrected chi connectivity index (χ3v) is 6.18.